The van der Waals surface area contributed by atoms with E-state index in [0.717, 1.165) is 0 Å². The van der Waals surface area contributed by atoms with Crippen LogP contribution in [0.3, 0.4) is 0 Å². The van der Waals surface area contributed by atoms with Gasteiger partial charge in [-0.05, 0) is 50.1 Å². The molecular formula is C27H30ClFN2O4. The van der Waals surface area contributed by atoms with E-state index in [1.165, 1.54) is 28.2 Å². The van der Waals surface area contributed by atoms with Gasteiger partial charge in [0.2, 0.25) is 11.8 Å². The number of carbonyl (C=O) groups excluding carboxylic acids is 2. The average Bonchev–Trinajstić information content (AvgIpc) is 2.85. The molecule has 0 spiro atoms. The number of para-hydroxylation sites is 1. The van der Waals surface area contributed by atoms with E-state index < -0.39 is 5.41 Å². The zero-order valence-electron chi connectivity index (χ0n) is 20.2. The molecule has 6 nitrogen and oxygen atoms in total. The number of fused-ring (bicyclic) bond motifs is 1. The molecule has 3 aromatic rings. The van der Waals surface area contributed by atoms with Crippen LogP contribution in [0.15, 0.2) is 64.0 Å². The first-order valence-corrected chi connectivity index (χ1v) is 12.1. The maximum absolute atomic E-state index is 13.5. The zero-order chi connectivity index (χ0) is 25.6. The molecule has 0 unspecified atom stereocenters. The molecule has 0 saturated carbocycles. The highest BCUT2D eigenvalue weighted by Crippen LogP contribution is 2.22. The van der Waals surface area contributed by atoms with Gasteiger partial charge in [-0.1, -0.05) is 31.2 Å². The summed E-state index contributed by atoms with van der Waals surface area (Å²) in [7, 11) is 0. The minimum absolute atomic E-state index is 0.0174. The Morgan fingerprint density at radius 1 is 1.03 bits per heavy atom. The third kappa shape index (κ3) is 6.48. The second kappa shape index (κ2) is 11.5. The van der Waals surface area contributed by atoms with Gasteiger partial charge in [0.1, 0.15) is 11.4 Å². The fourth-order valence-electron chi connectivity index (χ4n) is 3.75. The summed E-state index contributed by atoms with van der Waals surface area (Å²) in [4.78, 5) is 42.6. The SMILES string of the molecule is CCCN(CC(=O)N(Cc1ccc(F)cc1)Cc1coc2ccccc2c1=O)C(=O)C(C)(C)CCl. The van der Waals surface area contributed by atoms with Crippen LogP contribution in [0, 0.1) is 11.2 Å². The fraction of sp³-hybridized carbons (Fsp3) is 0.370. The smallest absolute Gasteiger partial charge is 0.242 e. The molecule has 0 N–H and O–H groups in total. The number of hydrogen-bond acceptors (Lipinski definition) is 4. The van der Waals surface area contributed by atoms with Crippen LogP contribution in [-0.4, -0.2) is 40.6 Å². The molecule has 0 saturated heterocycles. The Hall–Kier alpha value is -3.19. The number of nitrogens with zero attached hydrogens (tertiary/aromatic N) is 2. The van der Waals surface area contributed by atoms with Crippen molar-refractivity contribution in [3.63, 3.8) is 0 Å². The van der Waals surface area contributed by atoms with Gasteiger partial charge in [0, 0.05) is 19.0 Å². The third-order valence-corrected chi connectivity index (χ3v) is 6.44. The first-order valence-electron chi connectivity index (χ1n) is 11.5. The summed E-state index contributed by atoms with van der Waals surface area (Å²) in [5.41, 5.74) is 0.417. The van der Waals surface area contributed by atoms with Crippen molar-refractivity contribution in [1.29, 1.82) is 0 Å². The number of hydrogen-bond donors (Lipinski definition) is 0. The molecule has 2 aromatic carbocycles. The van der Waals surface area contributed by atoms with E-state index in [9.17, 15) is 18.8 Å². The Labute approximate surface area is 209 Å². The van der Waals surface area contributed by atoms with Crippen LogP contribution in [0.4, 0.5) is 4.39 Å². The summed E-state index contributed by atoms with van der Waals surface area (Å²) >= 11 is 6.01. The van der Waals surface area contributed by atoms with Crippen molar-refractivity contribution in [1.82, 2.24) is 9.80 Å². The molecule has 0 aliphatic rings. The molecule has 0 bridgehead atoms. The maximum atomic E-state index is 13.5. The quantitative estimate of drug-likeness (QED) is 0.369. The highest BCUT2D eigenvalue weighted by Gasteiger charge is 2.32. The molecule has 8 heteroatoms. The van der Waals surface area contributed by atoms with E-state index in [0.29, 0.717) is 35.1 Å². The van der Waals surface area contributed by atoms with Gasteiger partial charge in [0.15, 0.2) is 5.43 Å². The summed E-state index contributed by atoms with van der Waals surface area (Å²) in [6, 6.07) is 12.7. The summed E-state index contributed by atoms with van der Waals surface area (Å²) in [5, 5.41) is 0.422. The van der Waals surface area contributed by atoms with Crippen molar-refractivity contribution < 1.29 is 18.4 Å². The zero-order valence-corrected chi connectivity index (χ0v) is 21.0. The van der Waals surface area contributed by atoms with Crippen molar-refractivity contribution in [2.45, 2.75) is 40.3 Å². The number of halogens is 2. The predicted octanol–water partition coefficient (Wildman–Crippen LogP) is 4.96. The van der Waals surface area contributed by atoms with Crippen molar-refractivity contribution in [3.05, 3.63) is 82.0 Å². The minimum Gasteiger partial charge on any atom is -0.464 e. The summed E-state index contributed by atoms with van der Waals surface area (Å²) in [6.07, 6.45) is 2.03. The van der Waals surface area contributed by atoms with Crippen LogP contribution in [0.25, 0.3) is 11.0 Å². The number of alkyl halides is 1. The molecule has 35 heavy (non-hydrogen) atoms. The second-order valence-corrected chi connectivity index (χ2v) is 9.47. The standard InChI is InChI=1S/C27H30ClFN2O4/c1-4-13-30(26(34)27(2,3)18-28)16-24(32)31(14-19-9-11-21(29)12-10-19)15-20-17-35-23-8-6-5-7-22(23)25(20)33/h5-12,17H,4,13-16,18H2,1-3H3. The molecule has 0 aliphatic heterocycles. The van der Waals surface area contributed by atoms with Gasteiger partial charge in [0.25, 0.3) is 0 Å². The molecule has 1 heterocycles. The highest BCUT2D eigenvalue weighted by molar-refractivity contribution is 6.19. The third-order valence-electron chi connectivity index (χ3n) is 5.77. The summed E-state index contributed by atoms with van der Waals surface area (Å²) < 4.78 is 19.1. The number of rotatable bonds is 10. The highest BCUT2D eigenvalue weighted by atomic mass is 35.5. The van der Waals surface area contributed by atoms with Crippen LogP contribution in [0.2, 0.25) is 0 Å². The van der Waals surface area contributed by atoms with Crippen LogP contribution >= 0.6 is 11.6 Å². The molecule has 3 rings (SSSR count). The van der Waals surface area contributed by atoms with Crippen LogP contribution in [-0.2, 0) is 22.7 Å². The Morgan fingerprint density at radius 3 is 2.37 bits per heavy atom. The lowest BCUT2D eigenvalue weighted by molar-refractivity contribution is -0.146. The molecule has 0 radical (unpaired) electrons. The lowest BCUT2D eigenvalue weighted by Gasteiger charge is -2.32. The first-order chi connectivity index (χ1) is 16.7. The molecule has 0 fully saturated rings. The van der Waals surface area contributed by atoms with Crippen LogP contribution < -0.4 is 5.43 Å². The lowest BCUT2D eigenvalue weighted by Crippen LogP contribution is -2.48. The van der Waals surface area contributed by atoms with Crippen LogP contribution in [0.1, 0.15) is 38.3 Å². The maximum Gasteiger partial charge on any atom is 0.242 e. The number of carbonyl (C=O) groups is 2. The Kier molecular flexibility index (Phi) is 8.67. The van der Waals surface area contributed by atoms with Crippen molar-refractivity contribution in [3.8, 4) is 0 Å². The van der Waals surface area contributed by atoms with E-state index in [1.54, 1.807) is 50.2 Å². The van der Waals surface area contributed by atoms with E-state index >= 15 is 0 Å². The Balaban J connectivity index is 1.92. The molecular weight excluding hydrogens is 471 g/mol. The second-order valence-electron chi connectivity index (χ2n) is 9.21. The molecule has 0 atom stereocenters. The normalized spacial score (nSPS) is 11.5. The fourth-order valence-corrected chi connectivity index (χ4v) is 3.86. The van der Waals surface area contributed by atoms with Gasteiger partial charge in [-0.25, -0.2) is 4.39 Å². The van der Waals surface area contributed by atoms with Crippen LogP contribution in [0.5, 0.6) is 0 Å². The Bertz CT molecular complexity index is 1240. The van der Waals surface area contributed by atoms with Gasteiger partial charge in [-0.3, -0.25) is 14.4 Å². The monoisotopic (exact) mass is 500 g/mol. The minimum atomic E-state index is -0.821. The van der Waals surface area contributed by atoms with E-state index in [4.69, 9.17) is 16.0 Å². The lowest BCUT2D eigenvalue weighted by atomic mass is 9.94. The molecule has 2 amide bonds. The van der Waals surface area contributed by atoms with Crippen molar-refractivity contribution in [2.75, 3.05) is 19.0 Å². The van der Waals surface area contributed by atoms with E-state index in [-0.39, 0.29) is 48.6 Å². The largest absolute Gasteiger partial charge is 0.464 e. The van der Waals surface area contributed by atoms with Gasteiger partial charge >= 0.3 is 0 Å². The van der Waals surface area contributed by atoms with Crippen molar-refractivity contribution in [2.24, 2.45) is 5.41 Å². The Morgan fingerprint density at radius 2 is 1.71 bits per heavy atom. The average molecular weight is 501 g/mol. The first kappa shape index (κ1) is 26.4. The molecule has 1 aromatic heterocycles. The molecule has 0 aliphatic carbocycles. The van der Waals surface area contributed by atoms with E-state index in [2.05, 4.69) is 0 Å². The van der Waals surface area contributed by atoms with Gasteiger partial charge in [-0.2, -0.15) is 0 Å². The van der Waals surface area contributed by atoms with Gasteiger partial charge in [-0.15, -0.1) is 11.6 Å². The van der Waals surface area contributed by atoms with E-state index in [1.807, 2.05) is 6.92 Å². The predicted molar refractivity (Wildman–Crippen MR) is 135 cm³/mol. The van der Waals surface area contributed by atoms with Gasteiger partial charge in [0.05, 0.1) is 35.7 Å². The summed E-state index contributed by atoms with van der Waals surface area (Å²) in [5.74, 6) is -0.814. The number of amides is 2. The summed E-state index contributed by atoms with van der Waals surface area (Å²) in [6.45, 7) is 5.77. The van der Waals surface area contributed by atoms with Gasteiger partial charge < -0.3 is 14.2 Å². The molecule has 186 valence electrons. The number of benzene rings is 2. The van der Waals surface area contributed by atoms with Crippen molar-refractivity contribution >= 4 is 34.4 Å². The topological polar surface area (TPSA) is 70.8 Å².